The fourth-order valence-corrected chi connectivity index (χ4v) is 3.48. The van der Waals surface area contributed by atoms with Crippen molar-refractivity contribution in [3.63, 3.8) is 0 Å². The van der Waals surface area contributed by atoms with Crippen LogP contribution in [0, 0.1) is 5.82 Å². The van der Waals surface area contributed by atoms with E-state index in [0.717, 1.165) is 22.7 Å². The van der Waals surface area contributed by atoms with Gasteiger partial charge in [-0.1, -0.05) is 30.3 Å². The Hall–Kier alpha value is -3.09. The Morgan fingerprint density at radius 3 is 2.54 bits per heavy atom. The second-order valence-electron chi connectivity index (χ2n) is 6.67. The van der Waals surface area contributed by atoms with Gasteiger partial charge in [-0.05, 0) is 53.1 Å². The van der Waals surface area contributed by atoms with Gasteiger partial charge in [-0.15, -0.1) is 0 Å². The first-order valence-electron chi connectivity index (χ1n) is 8.88. The minimum Gasteiger partial charge on any atom is -0.378 e. The molecule has 1 atom stereocenters. The SMILES string of the molecule is NCc1ccc(F)cc1C(O)(CF)c1ccc2c(cnn2-c2ccccc2)c1. The molecule has 0 bridgehead atoms. The number of hydrogen-bond donors (Lipinski definition) is 2. The van der Waals surface area contributed by atoms with E-state index in [1.54, 1.807) is 29.1 Å². The molecule has 0 saturated heterocycles. The number of halogens is 2. The van der Waals surface area contributed by atoms with Gasteiger partial charge in [0.2, 0.25) is 0 Å². The van der Waals surface area contributed by atoms with Crippen LogP contribution in [0.1, 0.15) is 16.7 Å². The highest BCUT2D eigenvalue weighted by molar-refractivity contribution is 5.81. The number of hydrogen-bond acceptors (Lipinski definition) is 3. The molecule has 4 aromatic rings. The average Bonchev–Trinajstić information content (AvgIpc) is 3.17. The fraction of sp³-hybridized carbons (Fsp3) is 0.136. The van der Waals surface area contributed by atoms with E-state index in [1.165, 1.54) is 12.1 Å². The maximum absolute atomic E-state index is 14.1. The molecule has 0 aliphatic rings. The Balaban J connectivity index is 1.85. The third-order valence-electron chi connectivity index (χ3n) is 4.98. The zero-order valence-corrected chi connectivity index (χ0v) is 15.0. The summed E-state index contributed by atoms with van der Waals surface area (Å²) >= 11 is 0. The van der Waals surface area contributed by atoms with Crippen LogP contribution in [-0.2, 0) is 12.1 Å². The summed E-state index contributed by atoms with van der Waals surface area (Å²) in [5.41, 5.74) is 6.36. The molecular weight excluding hydrogens is 360 g/mol. The van der Waals surface area contributed by atoms with Crippen LogP contribution < -0.4 is 5.73 Å². The molecule has 3 N–H and O–H groups in total. The summed E-state index contributed by atoms with van der Waals surface area (Å²) in [6, 6.07) is 18.5. The number of benzene rings is 3. The molecule has 3 aromatic carbocycles. The van der Waals surface area contributed by atoms with Gasteiger partial charge in [0.15, 0.2) is 0 Å². The van der Waals surface area contributed by atoms with Crippen molar-refractivity contribution in [2.45, 2.75) is 12.1 Å². The van der Waals surface area contributed by atoms with E-state index >= 15 is 0 Å². The molecule has 0 fully saturated rings. The van der Waals surface area contributed by atoms with E-state index in [4.69, 9.17) is 5.73 Å². The largest absolute Gasteiger partial charge is 0.378 e. The molecule has 6 heteroatoms. The Morgan fingerprint density at radius 2 is 1.82 bits per heavy atom. The van der Waals surface area contributed by atoms with Gasteiger partial charge in [0.05, 0.1) is 17.4 Å². The summed E-state index contributed by atoms with van der Waals surface area (Å²) in [5.74, 6) is -0.558. The van der Waals surface area contributed by atoms with Gasteiger partial charge in [-0.3, -0.25) is 0 Å². The second kappa shape index (κ2) is 7.14. The molecule has 0 saturated carbocycles. The van der Waals surface area contributed by atoms with Crippen LogP contribution in [0.25, 0.3) is 16.6 Å². The molecule has 4 nitrogen and oxygen atoms in total. The van der Waals surface area contributed by atoms with Crippen molar-refractivity contribution in [1.82, 2.24) is 9.78 Å². The Bertz CT molecular complexity index is 1130. The molecule has 0 aliphatic carbocycles. The van der Waals surface area contributed by atoms with Gasteiger partial charge in [-0.25, -0.2) is 13.5 Å². The topological polar surface area (TPSA) is 64.1 Å². The summed E-state index contributed by atoms with van der Waals surface area (Å²) in [7, 11) is 0. The Kier molecular flexibility index (Phi) is 4.66. The van der Waals surface area contributed by atoms with Gasteiger partial charge in [0.1, 0.15) is 18.1 Å². The van der Waals surface area contributed by atoms with Crippen molar-refractivity contribution in [2.75, 3.05) is 6.67 Å². The van der Waals surface area contributed by atoms with Gasteiger partial charge in [0, 0.05) is 11.9 Å². The first kappa shape index (κ1) is 18.3. The van der Waals surface area contributed by atoms with Gasteiger partial charge in [0.25, 0.3) is 0 Å². The van der Waals surface area contributed by atoms with Crippen LogP contribution in [0.3, 0.4) is 0 Å². The molecule has 0 amide bonds. The number of fused-ring (bicyclic) bond motifs is 1. The lowest BCUT2D eigenvalue weighted by molar-refractivity contribution is 0.0508. The first-order valence-corrected chi connectivity index (χ1v) is 8.88. The molecule has 0 aliphatic heterocycles. The van der Waals surface area contributed by atoms with Crippen LogP contribution in [0.2, 0.25) is 0 Å². The predicted molar refractivity (Wildman–Crippen MR) is 104 cm³/mol. The smallest absolute Gasteiger partial charge is 0.143 e. The van der Waals surface area contributed by atoms with Crippen molar-refractivity contribution in [2.24, 2.45) is 5.73 Å². The van der Waals surface area contributed by atoms with Crippen LogP contribution in [-0.4, -0.2) is 21.6 Å². The maximum atomic E-state index is 14.1. The molecule has 0 spiro atoms. The number of aromatic nitrogens is 2. The quantitative estimate of drug-likeness (QED) is 0.554. The second-order valence-corrected chi connectivity index (χ2v) is 6.67. The van der Waals surface area contributed by atoms with Gasteiger partial charge in [-0.2, -0.15) is 5.10 Å². The molecule has 142 valence electrons. The third kappa shape index (κ3) is 2.96. The van der Waals surface area contributed by atoms with Crippen molar-refractivity contribution >= 4 is 10.9 Å². The number of alkyl halides is 1. The summed E-state index contributed by atoms with van der Waals surface area (Å²) in [5, 5.41) is 16.3. The van der Waals surface area contributed by atoms with Crippen LogP contribution in [0.15, 0.2) is 72.9 Å². The lowest BCUT2D eigenvalue weighted by Gasteiger charge is -2.28. The standard InChI is InChI=1S/C22H19F2N3O/c23-14-22(28,20-11-18(24)8-6-15(20)12-25)17-7-9-21-16(10-17)13-26-27(21)19-4-2-1-3-5-19/h1-11,13,28H,12,14,25H2. The summed E-state index contributed by atoms with van der Waals surface area (Å²) in [6.45, 7) is -1.05. The lowest BCUT2D eigenvalue weighted by Crippen LogP contribution is -2.31. The fourth-order valence-electron chi connectivity index (χ4n) is 3.48. The van der Waals surface area contributed by atoms with E-state index in [2.05, 4.69) is 5.10 Å². The Labute approximate surface area is 160 Å². The van der Waals surface area contributed by atoms with Crippen molar-refractivity contribution < 1.29 is 13.9 Å². The van der Waals surface area contributed by atoms with Crippen molar-refractivity contribution in [3.05, 3.63) is 95.4 Å². The summed E-state index contributed by atoms with van der Waals surface area (Å²) < 4.78 is 29.7. The Morgan fingerprint density at radius 1 is 1.04 bits per heavy atom. The van der Waals surface area contributed by atoms with Crippen molar-refractivity contribution in [1.29, 1.82) is 0 Å². The van der Waals surface area contributed by atoms with Crippen molar-refractivity contribution in [3.8, 4) is 5.69 Å². The van der Waals surface area contributed by atoms with Crippen LogP contribution in [0.5, 0.6) is 0 Å². The minimum absolute atomic E-state index is 0.0616. The molecular formula is C22H19F2N3O. The normalized spacial score (nSPS) is 13.6. The molecule has 1 heterocycles. The van der Waals surface area contributed by atoms with E-state index in [0.29, 0.717) is 11.1 Å². The number of aliphatic hydroxyl groups is 1. The molecule has 1 unspecified atom stereocenters. The van der Waals surface area contributed by atoms with E-state index in [9.17, 15) is 13.9 Å². The zero-order chi connectivity index (χ0) is 19.7. The maximum Gasteiger partial charge on any atom is 0.143 e. The molecule has 1 aromatic heterocycles. The van der Waals surface area contributed by atoms with Gasteiger partial charge >= 0.3 is 0 Å². The summed E-state index contributed by atoms with van der Waals surface area (Å²) in [4.78, 5) is 0. The van der Waals surface area contributed by atoms with E-state index < -0.39 is 18.1 Å². The summed E-state index contributed by atoms with van der Waals surface area (Å²) in [6.07, 6.45) is 1.65. The van der Waals surface area contributed by atoms with E-state index in [-0.39, 0.29) is 12.1 Å². The first-order chi connectivity index (χ1) is 13.6. The van der Waals surface area contributed by atoms with Crippen LogP contribution in [0.4, 0.5) is 8.78 Å². The molecule has 4 rings (SSSR count). The average molecular weight is 379 g/mol. The monoisotopic (exact) mass is 379 g/mol. The highest BCUT2D eigenvalue weighted by atomic mass is 19.1. The number of para-hydroxylation sites is 1. The number of rotatable bonds is 5. The third-order valence-corrected chi connectivity index (χ3v) is 4.98. The number of nitrogens with zero attached hydrogens (tertiary/aromatic N) is 2. The highest BCUT2D eigenvalue weighted by Gasteiger charge is 2.34. The highest BCUT2D eigenvalue weighted by Crippen LogP contribution is 2.35. The van der Waals surface area contributed by atoms with Gasteiger partial charge < -0.3 is 10.8 Å². The van der Waals surface area contributed by atoms with Crippen LogP contribution >= 0.6 is 0 Å². The molecule has 0 radical (unpaired) electrons. The lowest BCUT2D eigenvalue weighted by atomic mass is 9.84. The number of nitrogens with two attached hydrogens (primary N) is 1. The molecule has 28 heavy (non-hydrogen) atoms. The zero-order valence-electron chi connectivity index (χ0n) is 15.0. The predicted octanol–water partition coefficient (Wildman–Crippen LogP) is 3.83. The minimum atomic E-state index is -2.00. The van der Waals surface area contributed by atoms with E-state index in [1.807, 2.05) is 30.3 Å².